The molecule has 0 radical (unpaired) electrons. The average Bonchev–Trinajstić information content (AvgIpc) is 2.29. The zero-order valence-corrected chi connectivity index (χ0v) is 10.8. The molecular formula is C11H16O8. The van der Waals surface area contributed by atoms with E-state index in [9.17, 15) is 19.2 Å². The first-order chi connectivity index (χ1) is 8.81. The van der Waals surface area contributed by atoms with Crippen molar-refractivity contribution in [1.29, 1.82) is 0 Å². The van der Waals surface area contributed by atoms with E-state index >= 15 is 0 Å². The number of aliphatic hydroxyl groups is 1. The van der Waals surface area contributed by atoms with Gasteiger partial charge in [0.05, 0.1) is 6.61 Å². The smallest absolute Gasteiger partial charge is 0.303 e. The van der Waals surface area contributed by atoms with Crippen molar-refractivity contribution < 1.29 is 38.5 Å². The highest BCUT2D eigenvalue weighted by molar-refractivity contribution is 5.72. The van der Waals surface area contributed by atoms with Gasteiger partial charge in [-0.1, -0.05) is 0 Å². The topological polar surface area (TPSA) is 116 Å². The molecule has 0 aromatic carbocycles. The molecule has 0 heterocycles. The Labute approximate surface area is 109 Å². The number of rotatable bonds is 7. The quantitative estimate of drug-likeness (QED) is 0.356. The van der Waals surface area contributed by atoms with E-state index in [1.54, 1.807) is 0 Å². The van der Waals surface area contributed by atoms with Crippen molar-refractivity contribution in [1.82, 2.24) is 0 Å². The molecule has 0 amide bonds. The summed E-state index contributed by atoms with van der Waals surface area (Å²) in [6.07, 6.45) is -3.97. The van der Waals surface area contributed by atoms with Gasteiger partial charge >= 0.3 is 17.9 Å². The standard InChI is InChI=1S/C11H16O8/c1-6(14)17-9(4-12)11(19-8(3)16)10(5-13)18-7(2)15/h4,9-11,13H,5H2,1-3H3/t9-,10+,11-/m1/s1. The third kappa shape index (κ3) is 6.51. The number of esters is 3. The molecule has 0 aliphatic rings. The summed E-state index contributed by atoms with van der Waals surface area (Å²) in [7, 11) is 0. The summed E-state index contributed by atoms with van der Waals surface area (Å²) in [5, 5.41) is 9.11. The van der Waals surface area contributed by atoms with Crippen LogP contribution in [-0.4, -0.2) is 54.2 Å². The number of carbonyl (C=O) groups excluding carboxylic acids is 4. The van der Waals surface area contributed by atoms with Gasteiger partial charge in [-0.25, -0.2) is 0 Å². The second kappa shape index (κ2) is 8.20. The lowest BCUT2D eigenvalue weighted by atomic mass is 10.1. The van der Waals surface area contributed by atoms with E-state index < -0.39 is 42.8 Å². The summed E-state index contributed by atoms with van der Waals surface area (Å²) in [6.45, 7) is 2.49. The van der Waals surface area contributed by atoms with Gasteiger partial charge in [-0.2, -0.15) is 0 Å². The first-order valence-corrected chi connectivity index (χ1v) is 5.39. The molecule has 0 fully saturated rings. The number of aliphatic hydroxyl groups excluding tert-OH is 1. The summed E-state index contributed by atoms with van der Waals surface area (Å²) in [5.74, 6) is -2.31. The first-order valence-electron chi connectivity index (χ1n) is 5.39. The minimum atomic E-state index is -1.47. The lowest BCUT2D eigenvalue weighted by molar-refractivity contribution is -0.185. The van der Waals surface area contributed by atoms with Gasteiger partial charge in [-0.05, 0) is 0 Å². The molecule has 0 spiro atoms. The molecule has 0 rings (SSSR count). The zero-order chi connectivity index (χ0) is 15.0. The Morgan fingerprint density at radius 1 is 1.00 bits per heavy atom. The number of carbonyl (C=O) groups is 4. The van der Waals surface area contributed by atoms with Gasteiger partial charge in [-0.15, -0.1) is 0 Å². The summed E-state index contributed by atoms with van der Waals surface area (Å²) in [4.78, 5) is 43.6. The average molecular weight is 276 g/mol. The number of aldehydes is 1. The second-order valence-corrected chi connectivity index (χ2v) is 3.61. The fourth-order valence-corrected chi connectivity index (χ4v) is 1.33. The largest absolute Gasteiger partial charge is 0.456 e. The molecule has 0 aliphatic carbocycles. The van der Waals surface area contributed by atoms with Crippen LogP contribution in [0.2, 0.25) is 0 Å². The molecule has 0 saturated heterocycles. The molecule has 3 atom stereocenters. The zero-order valence-electron chi connectivity index (χ0n) is 10.8. The molecule has 0 aromatic rings. The minimum Gasteiger partial charge on any atom is -0.456 e. The maximum absolute atomic E-state index is 11.0. The van der Waals surface area contributed by atoms with Gasteiger partial charge < -0.3 is 19.3 Å². The predicted molar refractivity (Wildman–Crippen MR) is 59.8 cm³/mol. The number of hydrogen-bond acceptors (Lipinski definition) is 8. The van der Waals surface area contributed by atoms with E-state index in [-0.39, 0.29) is 6.29 Å². The first kappa shape index (κ1) is 17.0. The van der Waals surface area contributed by atoms with Crippen molar-refractivity contribution in [2.45, 2.75) is 39.1 Å². The van der Waals surface area contributed by atoms with E-state index in [1.807, 2.05) is 0 Å². The summed E-state index contributed by atoms with van der Waals surface area (Å²) in [6, 6.07) is 0. The highest BCUT2D eigenvalue weighted by atomic mass is 16.6. The van der Waals surface area contributed by atoms with Gasteiger partial charge in [0.2, 0.25) is 0 Å². The van der Waals surface area contributed by atoms with Crippen LogP contribution in [-0.2, 0) is 33.4 Å². The molecule has 1 N–H and O–H groups in total. The summed E-state index contributed by atoms with van der Waals surface area (Å²) >= 11 is 0. The fraction of sp³-hybridized carbons (Fsp3) is 0.636. The Kier molecular flexibility index (Phi) is 7.35. The van der Waals surface area contributed by atoms with Crippen molar-refractivity contribution >= 4 is 24.2 Å². The van der Waals surface area contributed by atoms with Crippen LogP contribution in [0.4, 0.5) is 0 Å². The van der Waals surface area contributed by atoms with Crippen LogP contribution in [0.1, 0.15) is 20.8 Å². The van der Waals surface area contributed by atoms with Gasteiger partial charge in [0, 0.05) is 20.8 Å². The van der Waals surface area contributed by atoms with Crippen molar-refractivity contribution in [2.75, 3.05) is 6.61 Å². The number of hydrogen-bond donors (Lipinski definition) is 1. The van der Waals surface area contributed by atoms with Crippen LogP contribution < -0.4 is 0 Å². The van der Waals surface area contributed by atoms with Crippen LogP contribution in [0.15, 0.2) is 0 Å². The van der Waals surface area contributed by atoms with E-state index in [4.69, 9.17) is 14.6 Å². The Balaban J connectivity index is 5.11. The lowest BCUT2D eigenvalue weighted by Crippen LogP contribution is -2.47. The molecule has 0 unspecified atom stereocenters. The number of ether oxygens (including phenoxy) is 3. The van der Waals surface area contributed by atoms with Gasteiger partial charge in [0.25, 0.3) is 0 Å². The van der Waals surface area contributed by atoms with Crippen LogP contribution >= 0.6 is 0 Å². The lowest BCUT2D eigenvalue weighted by Gasteiger charge is -2.28. The molecule has 0 aliphatic heterocycles. The van der Waals surface area contributed by atoms with E-state index in [0.717, 1.165) is 20.8 Å². The summed E-state index contributed by atoms with van der Waals surface area (Å²) in [5.41, 5.74) is 0. The summed E-state index contributed by atoms with van der Waals surface area (Å²) < 4.78 is 14.1. The van der Waals surface area contributed by atoms with Crippen LogP contribution in [0.5, 0.6) is 0 Å². The SMILES string of the molecule is CC(=O)O[C@@H]([C@H](CO)OC(C)=O)[C@@H](C=O)OC(C)=O. The van der Waals surface area contributed by atoms with E-state index in [2.05, 4.69) is 4.74 Å². The van der Waals surface area contributed by atoms with Gasteiger partial charge in [0.1, 0.15) is 0 Å². The molecule has 0 saturated carbocycles. The molecular weight excluding hydrogens is 260 g/mol. The molecule has 108 valence electrons. The maximum Gasteiger partial charge on any atom is 0.303 e. The molecule has 8 heteroatoms. The highest BCUT2D eigenvalue weighted by Crippen LogP contribution is 2.12. The van der Waals surface area contributed by atoms with Crippen LogP contribution in [0.3, 0.4) is 0 Å². The molecule has 0 aromatic heterocycles. The Morgan fingerprint density at radius 2 is 1.47 bits per heavy atom. The van der Waals surface area contributed by atoms with E-state index in [0.29, 0.717) is 0 Å². The minimum absolute atomic E-state index is 0.223. The van der Waals surface area contributed by atoms with Crippen LogP contribution in [0, 0.1) is 0 Å². The van der Waals surface area contributed by atoms with Crippen LogP contribution in [0.25, 0.3) is 0 Å². The third-order valence-electron chi connectivity index (χ3n) is 1.93. The molecule has 8 nitrogen and oxygen atoms in total. The Morgan fingerprint density at radius 3 is 1.79 bits per heavy atom. The monoisotopic (exact) mass is 276 g/mol. The van der Waals surface area contributed by atoms with Crippen molar-refractivity contribution in [3.8, 4) is 0 Å². The van der Waals surface area contributed by atoms with Crippen molar-refractivity contribution in [3.05, 3.63) is 0 Å². The van der Waals surface area contributed by atoms with Crippen molar-refractivity contribution in [3.63, 3.8) is 0 Å². The molecule has 0 bridgehead atoms. The highest BCUT2D eigenvalue weighted by Gasteiger charge is 2.36. The second-order valence-electron chi connectivity index (χ2n) is 3.61. The third-order valence-corrected chi connectivity index (χ3v) is 1.93. The van der Waals surface area contributed by atoms with E-state index in [1.165, 1.54) is 0 Å². The maximum atomic E-state index is 11.0. The predicted octanol–water partition coefficient (Wildman–Crippen LogP) is -1.03. The normalized spacial score (nSPS) is 14.7. The van der Waals surface area contributed by atoms with Crippen molar-refractivity contribution in [2.24, 2.45) is 0 Å². The van der Waals surface area contributed by atoms with Gasteiger partial charge in [0.15, 0.2) is 24.6 Å². The van der Waals surface area contributed by atoms with Gasteiger partial charge in [-0.3, -0.25) is 19.2 Å². The fourth-order valence-electron chi connectivity index (χ4n) is 1.33. The Hall–Kier alpha value is -1.96. The Bertz CT molecular complexity index is 351. The molecule has 19 heavy (non-hydrogen) atoms.